The first-order chi connectivity index (χ1) is 8.31. The van der Waals surface area contributed by atoms with E-state index in [-0.39, 0.29) is 5.75 Å². The second kappa shape index (κ2) is 5.04. The molecule has 0 fully saturated rings. The molecule has 1 atom stereocenters. The van der Waals surface area contributed by atoms with Crippen LogP contribution in [0.1, 0.15) is 11.6 Å². The third-order valence-corrected chi connectivity index (χ3v) is 2.47. The highest BCUT2D eigenvalue weighted by Gasteiger charge is 2.11. The molecule has 3 nitrogen and oxygen atoms in total. The van der Waals surface area contributed by atoms with Crippen LogP contribution in [0.2, 0.25) is 0 Å². The fourth-order valence-corrected chi connectivity index (χ4v) is 1.59. The number of nitriles is 1. The Bertz CT molecular complexity index is 531. The van der Waals surface area contributed by atoms with Gasteiger partial charge in [0.15, 0.2) is 0 Å². The van der Waals surface area contributed by atoms with Crippen molar-refractivity contribution >= 4 is 5.69 Å². The van der Waals surface area contributed by atoms with Crippen LogP contribution >= 0.6 is 0 Å². The molecule has 0 bridgehead atoms. The molecule has 1 unspecified atom stereocenters. The van der Waals surface area contributed by atoms with E-state index in [0.717, 1.165) is 5.56 Å². The fraction of sp³-hybridized carbons (Fsp3) is 0.0714. The zero-order valence-corrected chi connectivity index (χ0v) is 9.17. The molecule has 0 heterocycles. The Morgan fingerprint density at radius 3 is 2.29 bits per heavy atom. The molecular weight excluding hydrogens is 212 g/mol. The summed E-state index contributed by atoms with van der Waals surface area (Å²) < 4.78 is 0. The highest BCUT2D eigenvalue weighted by atomic mass is 16.3. The van der Waals surface area contributed by atoms with E-state index in [1.807, 2.05) is 36.4 Å². The van der Waals surface area contributed by atoms with E-state index in [1.165, 1.54) is 0 Å². The van der Waals surface area contributed by atoms with Crippen LogP contribution in [0.4, 0.5) is 5.69 Å². The van der Waals surface area contributed by atoms with Gasteiger partial charge < -0.3 is 10.4 Å². The molecule has 17 heavy (non-hydrogen) atoms. The molecular formula is C14H12N2O. The largest absolute Gasteiger partial charge is 0.506 e. The molecule has 0 radical (unpaired) electrons. The van der Waals surface area contributed by atoms with Crippen LogP contribution in [0.3, 0.4) is 0 Å². The monoisotopic (exact) mass is 224 g/mol. The number of benzene rings is 2. The van der Waals surface area contributed by atoms with Crippen molar-refractivity contribution in [1.29, 1.82) is 5.26 Å². The van der Waals surface area contributed by atoms with Gasteiger partial charge in [-0.05, 0) is 17.7 Å². The number of aromatic hydroxyl groups is 1. The van der Waals surface area contributed by atoms with Gasteiger partial charge in [-0.25, -0.2) is 0 Å². The lowest BCUT2D eigenvalue weighted by Gasteiger charge is -2.14. The minimum Gasteiger partial charge on any atom is -0.506 e. The van der Waals surface area contributed by atoms with Crippen LogP contribution in [0.5, 0.6) is 5.75 Å². The number of phenols is 1. The molecule has 0 aliphatic carbocycles. The Labute approximate surface area is 100.0 Å². The summed E-state index contributed by atoms with van der Waals surface area (Å²) in [6, 6.07) is 18.0. The number of rotatable bonds is 3. The first kappa shape index (κ1) is 11.0. The number of nitrogens with zero attached hydrogens (tertiary/aromatic N) is 1. The van der Waals surface area contributed by atoms with Gasteiger partial charge in [0.2, 0.25) is 0 Å². The lowest BCUT2D eigenvalue weighted by molar-refractivity contribution is 0.477. The first-order valence-corrected chi connectivity index (χ1v) is 5.30. The minimum absolute atomic E-state index is 0.142. The quantitative estimate of drug-likeness (QED) is 0.788. The van der Waals surface area contributed by atoms with Crippen molar-refractivity contribution in [3.8, 4) is 11.8 Å². The summed E-state index contributed by atoms with van der Waals surface area (Å²) in [4.78, 5) is 0. The number of phenolic OH excluding ortho intramolecular Hbond substituents is 1. The number of nitrogens with one attached hydrogen (secondary N) is 1. The summed E-state index contributed by atoms with van der Waals surface area (Å²) in [6.07, 6.45) is 0. The highest BCUT2D eigenvalue weighted by Crippen LogP contribution is 2.26. The predicted molar refractivity (Wildman–Crippen MR) is 66.5 cm³/mol. The zero-order chi connectivity index (χ0) is 12.1. The van der Waals surface area contributed by atoms with E-state index in [2.05, 4.69) is 11.4 Å². The smallest absolute Gasteiger partial charge is 0.140 e. The molecule has 0 aromatic heterocycles. The molecule has 84 valence electrons. The van der Waals surface area contributed by atoms with Gasteiger partial charge in [-0.2, -0.15) is 5.26 Å². The SMILES string of the molecule is N#CC(Nc1ccccc1O)c1ccccc1. The maximum atomic E-state index is 9.63. The molecule has 2 rings (SSSR count). The summed E-state index contributed by atoms with van der Waals surface area (Å²) >= 11 is 0. The normalized spacial score (nSPS) is 11.5. The van der Waals surface area contributed by atoms with Crippen molar-refractivity contribution in [1.82, 2.24) is 0 Å². The average Bonchev–Trinajstić information content (AvgIpc) is 2.39. The number of hydrogen-bond donors (Lipinski definition) is 2. The molecule has 0 aliphatic heterocycles. The number of para-hydroxylation sites is 2. The van der Waals surface area contributed by atoms with E-state index in [4.69, 9.17) is 5.26 Å². The lowest BCUT2D eigenvalue weighted by Crippen LogP contribution is -2.08. The van der Waals surface area contributed by atoms with Crippen LogP contribution in [0.25, 0.3) is 0 Å². The van der Waals surface area contributed by atoms with Crippen molar-refractivity contribution in [3.63, 3.8) is 0 Å². The van der Waals surface area contributed by atoms with Crippen LogP contribution in [0.15, 0.2) is 54.6 Å². The molecule has 0 saturated heterocycles. The predicted octanol–water partition coefficient (Wildman–Crippen LogP) is 3.07. The lowest BCUT2D eigenvalue weighted by atomic mass is 10.1. The number of hydrogen-bond acceptors (Lipinski definition) is 3. The molecule has 2 aromatic rings. The number of anilines is 1. The summed E-state index contributed by atoms with van der Waals surface area (Å²) in [5.74, 6) is 0.142. The first-order valence-electron chi connectivity index (χ1n) is 5.30. The Morgan fingerprint density at radius 2 is 1.65 bits per heavy atom. The van der Waals surface area contributed by atoms with E-state index >= 15 is 0 Å². The van der Waals surface area contributed by atoms with E-state index in [9.17, 15) is 5.11 Å². The molecule has 2 aromatic carbocycles. The topological polar surface area (TPSA) is 56.0 Å². The van der Waals surface area contributed by atoms with Gasteiger partial charge in [-0.15, -0.1) is 0 Å². The van der Waals surface area contributed by atoms with Crippen molar-refractivity contribution in [2.75, 3.05) is 5.32 Å². The van der Waals surface area contributed by atoms with Crippen LogP contribution in [0, 0.1) is 11.3 Å². The molecule has 0 aliphatic rings. The second-order valence-electron chi connectivity index (χ2n) is 3.63. The van der Waals surface area contributed by atoms with Gasteiger partial charge >= 0.3 is 0 Å². The maximum absolute atomic E-state index is 9.63. The van der Waals surface area contributed by atoms with Gasteiger partial charge in [0.25, 0.3) is 0 Å². The summed E-state index contributed by atoms with van der Waals surface area (Å²) in [6.45, 7) is 0. The van der Waals surface area contributed by atoms with E-state index < -0.39 is 6.04 Å². The van der Waals surface area contributed by atoms with Crippen LogP contribution < -0.4 is 5.32 Å². The summed E-state index contributed by atoms with van der Waals surface area (Å²) in [5.41, 5.74) is 1.43. The third kappa shape index (κ3) is 2.56. The van der Waals surface area contributed by atoms with E-state index in [0.29, 0.717) is 5.69 Å². The zero-order valence-electron chi connectivity index (χ0n) is 9.17. The minimum atomic E-state index is -0.468. The standard InChI is InChI=1S/C14H12N2O/c15-10-13(11-6-2-1-3-7-11)16-12-8-4-5-9-14(12)17/h1-9,13,16-17H. The Hall–Kier alpha value is -2.47. The summed E-state index contributed by atoms with van der Waals surface area (Å²) in [5, 5.41) is 21.8. The van der Waals surface area contributed by atoms with Crippen molar-refractivity contribution < 1.29 is 5.11 Å². The fourth-order valence-electron chi connectivity index (χ4n) is 1.59. The van der Waals surface area contributed by atoms with E-state index in [1.54, 1.807) is 18.2 Å². The Kier molecular flexibility index (Phi) is 3.27. The summed E-state index contributed by atoms with van der Waals surface area (Å²) in [7, 11) is 0. The van der Waals surface area contributed by atoms with Gasteiger partial charge in [-0.3, -0.25) is 0 Å². The van der Waals surface area contributed by atoms with Gasteiger partial charge in [0.05, 0.1) is 11.8 Å². The molecule has 0 saturated carbocycles. The van der Waals surface area contributed by atoms with Gasteiger partial charge in [-0.1, -0.05) is 42.5 Å². The Morgan fingerprint density at radius 1 is 1.00 bits per heavy atom. The van der Waals surface area contributed by atoms with Crippen molar-refractivity contribution in [2.24, 2.45) is 0 Å². The maximum Gasteiger partial charge on any atom is 0.140 e. The van der Waals surface area contributed by atoms with Gasteiger partial charge in [0.1, 0.15) is 11.8 Å². The van der Waals surface area contributed by atoms with Crippen molar-refractivity contribution in [3.05, 3.63) is 60.2 Å². The molecule has 0 amide bonds. The molecule has 3 heteroatoms. The Balaban J connectivity index is 2.23. The van der Waals surface area contributed by atoms with Crippen LogP contribution in [-0.2, 0) is 0 Å². The molecule has 2 N–H and O–H groups in total. The van der Waals surface area contributed by atoms with Crippen molar-refractivity contribution in [2.45, 2.75) is 6.04 Å². The average molecular weight is 224 g/mol. The second-order valence-corrected chi connectivity index (χ2v) is 3.63. The highest BCUT2D eigenvalue weighted by molar-refractivity contribution is 5.57. The third-order valence-electron chi connectivity index (χ3n) is 2.47. The van der Waals surface area contributed by atoms with Crippen LogP contribution in [-0.4, -0.2) is 5.11 Å². The van der Waals surface area contributed by atoms with Gasteiger partial charge in [0, 0.05) is 0 Å². The molecule has 0 spiro atoms.